The minimum Gasteiger partial charge on any atom is -0.462 e. The Hall–Kier alpha value is -2.42. The van der Waals surface area contributed by atoms with Crippen molar-refractivity contribution in [1.29, 1.82) is 5.26 Å². The SMILES string of the molecule is CCOC(=O)c1cc(C#N)c(CC)cc1[N+](=O)[O-]. The monoisotopic (exact) mass is 248 g/mol. The third-order valence-electron chi connectivity index (χ3n) is 2.41. The summed E-state index contributed by atoms with van der Waals surface area (Å²) in [6.45, 7) is 3.51. The van der Waals surface area contributed by atoms with Gasteiger partial charge in [0.05, 0.1) is 23.2 Å². The standard InChI is InChI=1S/C12H12N2O4/c1-3-8-6-11(14(16)17)10(5-9(8)7-13)12(15)18-4-2/h5-6H,3-4H2,1-2H3. The third-order valence-corrected chi connectivity index (χ3v) is 2.41. The zero-order chi connectivity index (χ0) is 13.7. The van der Waals surface area contributed by atoms with E-state index in [0.717, 1.165) is 0 Å². The first-order valence-electron chi connectivity index (χ1n) is 5.43. The Kier molecular flexibility index (Phi) is 4.38. The molecule has 0 spiro atoms. The van der Waals surface area contributed by atoms with Crippen LogP contribution in [0.1, 0.15) is 35.3 Å². The second-order valence-corrected chi connectivity index (χ2v) is 3.47. The first kappa shape index (κ1) is 13.6. The van der Waals surface area contributed by atoms with Crippen molar-refractivity contribution < 1.29 is 14.5 Å². The molecular weight excluding hydrogens is 236 g/mol. The smallest absolute Gasteiger partial charge is 0.345 e. The van der Waals surface area contributed by atoms with Gasteiger partial charge in [0.2, 0.25) is 0 Å². The molecule has 0 bridgehead atoms. The lowest BCUT2D eigenvalue weighted by Crippen LogP contribution is -2.09. The number of hydrogen-bond acceptors (Lipinski definition) is 5. The molecule has 0 heterocycles. The van der Waals surface area contributed by atoms with E-state index in [-0.39, 0.29) is 23.4 Å². The van der Waals surface area contributed by atoms with E-state index in [0.29, 0.717) is 12.0 Å². The highest BCUT2D eigenvalue weighted by molar-refractivity contribution is 5.94. The minimum absolute atomic E-state index is 0.118. The molecule has 0 aromatic heterocycles. The van der Waals surface area contributed by atoms with E-state index < -0.39 is 10.9 Å². The Morgan fingerprint density at radius 3 is 2.61 bits per heavy atom. The van der Waals surface area contributed by atoms with Gasteiger partial charge in [-0.2, -0.15) is 5.26 Å². The average Bonchev–Trinajstić information content (AvgIpc) is 2.37. The maximum atomic E-state index is 11.6. The van der Waals surface area contributed by atoms with Crippen LogP contribution in [0.3, 0.4) is 0 Å². The summed E-state index contributed by atoms with van der Waals surface area (Å²) in [7, 11) is 0. The zero-order valence-corrected chi connectivity index (χ0v) is 10.1. The van der Waals surface area contributed by atoms with Crippen LogP contribution in [0.15, 0.2) is 12.1 Å². The first-order chi connectivity index (χ1) is 8.54. The molecule has 94 valence electrons. The zero-order valence-electron chi connectivity index (χ0n) is 10.1. The molecule has 18 heavy (non-hydrogen) atoms. The highest BCUT2D eigenvalue weighted by Gasteiger charge is 2.23. The molecule has 1 aromatic rings. The second kappa shape index (κ2) is 5.77. The minimum atomic E-state index is -0.789. The lowest BCUT2D eigenvalue weighted by Gasteiger charge is -2.06. The molecule has 6 nitrogen and oxygen atoms in total. The summed E-state index contributed by atoms with van der Waals surface area (Å²) in [5, 5.41) is 19.9. The number of nitro benzene ring substituents is 1. The van der Waals surface area contributed by atoms with Gasteiger partial charge in [-0.3, -0.25) is 10.1 Å². The van der Waals surface area contributed by atoms with E-state index in [9.17, 15) is 14.9 Å². The number of nitro groups is 1. The normalized spacial score (nSPS) is 9.61. The Bertz CT molecular complexity index is 532. The Morgan fingerprint density at radius 1 is 1.50 bits per heavy atom. The Labute approximate surface area is 104 Å². The number of nitriles is 1. The molecule has 6 heteroatoms. The van der Waals surface area contributed by atoms with Crippen LogP contribution in [0.2, 0.25) is 0 Å². The van der Waals surface area contributed by atoms with Crippen LogP contribution in [0, 0.1) is 21.4 Å². The van der Waals surface area contributed by atoms with Gasteiger partial charge in [0.15, 0.2) is 0 Å². The molecule has 0 aliphatic heterocycles. The molecule has 0 aliphatic carbocycles. The summed E-state index contributed by atoms with van der Waals surface area (Å²) in [6, 6.07) is 4.39. The van der Waals surface area contributed by atoms with Gasteiger partial charge in [-0.25, -0.2) is 4.79 Å². The van der Waals surface area contributed by atoms with E-state index in [1.807, 2.05) is 6.07 Å². The summed E-state index contributed by atoms with van der Waals surface area (Å²) < 4.78 is 4.74. The van der Waals surface area contributed by atoms with E-state index in [2.05, 4.69) is 0 Å². The lowest BCUT2D eigenvalue weighted by atomic mass is 10.0. The van der Waals surface area contributed by atoms with Crippen LogP contribution in [0.4, 0.5) is 5.69 Å². The lowest BCUT2D eigenvalue weighted by molar-refractivity contribution is -0.385. The van der Waals surface area contributed by atoms with E-state index >= 15 is 0 Å². The van der Waals surface area contributed by atoms with Gasteiger partial charge >= 0.3 is 5.97 Å². The fourth-order valence-electron chi connectivity index (χ4n) is 1.55. The van der Waals surface area contributed by atoms with E-state index in [1.54, 1.807) is 13.8 Å². The molecule has 0 unspecified atom stereocenters. The van der Waals surface area contributed by atoms with Gasteiger partial charge in [-0.1, -0.05) is 6.92 Å². The third kappa shape index (κ3) is 2.63. The van der Waals surface area contributed by atoms with Crippen molar-refractivity contribution >= 4 is 11.7 Å². The van der Waals surface area contributed by atoms with Crippen LogP contribution >= 0.6 is 0 Å². The molecule has 0 radical (unpaired) electrons. The van der Waals surface area contributed by atoms with Crippen molar-refractivity contribution in [2.24, 2.45) is 0 Å². The van der Waals surface area contributed by atoms with Crippen LogP contribution in [-0.2, 0) is 11.2 Å². The van der Waals surface area contributed by atoms with Gasteiger partial charge in [-0.05, 0) is 25.0 Å². The quantitative estimate of drug-likeness (QED) is 0.462. The molecular formula is C12H12N2O4. The van der Waals surface area contributed by atoms with Crippen molar-refractivity contribution in [3.63, 3.8) is 0 Å². The van der Waals surface area contributed by atoms with Gasteiger partial charge in [-0.15, -0.1) is 0 Å². The predicted octanol–water partition coefficient (Wildman–Crippen LogP) is 2.21. The maximum Gasteiger partial charge on any atom is 0.345 e. The summed E-state index contributed by atoms with van der Waals surface area (Å²) in [4.78, 5) is 21.9. The van der Waals surface area contributed by atoms with Gasteiger partial charge in [0.25, 0.3) is 5.69 Å². The van der Waals surface area contributed by atoms with Crippen LogP contribution in [-0.4, -0.2) is 17.5 Å². The number of nitrogens with zero attached hydrogens (tertiary/aromatic N) is 2. The number of rotatable bonds is 4. The van der Waals surface area contributed by atoms with Gasteiger partial charge < -0.3 is 4.74 Å². The largest absolute Gasteiger partial charge is 0.462 e. The number of ether oxygens (including phenoxy) is 1. The summed E-state index contributed by atoms with van der Waals surface area (Å²) in [5.41, 5.74) is 0.281. The second-order valence-electron chi connectivity index (χ2n) is 3.47. The maximum absolute atomic E-state index is 11.6. The molecule has 1 rings (SSSR count). The Morgan fingerprint density at radius 2 is 2.17 bits per heavy atom. The predicted molar refractivity (Wildman–Crippen MR) is 63.1 cm³/mol. The summed E-state index contributed by atoms with van der Waals surface area (Å²) >= 11 is 0. The fourth-order valence-corrected chi connectivity index (χ4v) is 1.55. The molecule has 0 aliphatic rings. The fraction of sp³-hybridized carbons (Fsp3) is 0.333. The van der Waals surface area contributed by atoms with Crippen LogP contribution in [0.5, 0.6) is 0 Å². The van der Waals surface area contributed by atoms with Crippen molar-refractivity contribution in [2.45, 2.75) is 20.3 Å². The van der Waals surface area contributed by atoms with Gasteiger partial charge in [0, 0.05) is 6.07 Å². The van der Waals surface area contributed by atoms with E-state index in [1.165, 1.54) is 12.1 Å². The summed E-state index contributed by atoms with van der Waals surface area (Å²) in [5.74, 6) is -0.789. The highest BCUT2D eigenvalue weighted by atomic mass is 16.6. The Balaban J connectivity index is 3.44. The molecule has 0 amide bonds. The van der Waals surface area contributed by atoms with Crippen molar-refractivity contribution in [3.8, 4) is 6.07 Å². The number of carbonyl (C=O) groups is 1. The first-order valence-corrected chi connectivity index (χ1v) is 5.43. The number of esters is 1. The number of benzene rings is 1. The van der Waals surface area contributed by atoms with Crippen molar-refractivity contribution in [2.75, 3.05) is 6.61 Å². The van der Waals surface area contributed by atoms with Crippen LogP contribution in [0.25, 0.3) is 0 Å². The molecule has 1 aromatic carbocycles. The molecule has 0 fully saturated rings. The highest BCUT2D eigenvalue weighted by Crippen LogP contribution is 2.24. The van der Waals surface area contributed by atoms with E-state index in [4.69, 9.17) is 10.00 Å². The van der Waals surface area contributed by atoms with Crippen LogP contribution < -0.4 is 0 Å². The molecule has 0 atom stereocenters. The topological polar surface area (TPSA) is 93.2 Å². The number of aryl methyl sites for hydroxylation is 1. The molecule has 0 N–H and O–H groups in total. The van der Waals surface area contributed by atoms with Gasteiger partial charge in [0.1, 0.15) is 5.56 Å². The van der Waals surface area contributed by atoms with Crippen molar-refractivity contribution in [3.05, 3.63) is 38.9 Å². The van der Waals surface area contributed by atoms with Crippen molar-refractivity contribution in [1.82, 2.24) is 0 Å². The number of carbonyl (C=O) groups excluding carboxylic acids is 1. The number of hydrogen-bond donors (Lipinski definition) is 0. The average molecular weight is 248 g/mol. The molecule has 0 saturated carbocycles. The molecule has 0 saturated heterocycles. The summed E-state index contributed by atoms with van der Waals surface area (Å²) in [6.07, 6.45) is 0.479.